The quantitative estimate of drug-likeness (QED) is 0.886. The molecule has 1 aromatic rings. The summed E-state index contributed by atoms with van der Waals surface area (Å²) < 4.78 is 14.1. The summed E-state index contributed by atoms with van der Waals surface area (Å²) in [6.07, 6.45) is 4.76. The first-order valence-corrected chi connectivity index (χ1v) is 9.05. The van der Waals surface area contributed by atoms with Crippen molar-refractivity contribution in [1.29, 1.82) is 0 Å². The van der Waals surface area contributed by atoms with Crippen molar-refractivity contribution in [2.45, 2.75) is 44.6 Å². The molecule has 1 aliphatic carbocycles. The maximum atomic E-state index is 14.1. The first-order valence-electron chi connectivity index (χ1n) is 8.07. The van der Waals surface area contributed by atoms with Gasteiger partial charge in [0.25, 0.3) is 0 Å². The van der Waals surface area contributed by atoms with Gasteiger partial charge in [0.15, 0.2) is 5.17 Å². The van der Waals surface area contributed by atoms with Gasteiger partial charge in [-0.05, 0) is 43.9 Å². The summed E-state index contributed by atoms with van der Waals surface area (Å²) in [5.74, 6) is 0.401. The highest BCUT2D eigenvalue weighted by Gasteiger charge is 2.30. The van der Waals surface area contributed by atoms with E-state index in [2.05, 4.69) is 10.3 Å². The van der Waals surface area contributed by atoms with E-state index in [0.717, 1.165) is 43.4 Å². The Kier molecular flexibility index (Phi) is 4.62. The van der Waals surface area contributed by atoms with Crippen molar-refractivity contribution >= 4 is 28.5 Å². The molecule has 1 atom stereocenters. The molecule has 0 spiro atoms. The summed E-state index contributed by atoms with van der Waals surface area (Å²) in [5, 5.41) is 3.32. The number of hydrogen-bond donors (Lipinski definition) is 2. The normalized spacial score (nSPS) is 25.2. The van der Waals surface area contributed by atoms with Gasteiger partial charge in [-0.2, -0.15) is 0 Å². The lowest BCUT2D eigenvalue weighted by atomic mass is 9.89. The fourth-order valence-electron chi connectivity index (χ4n) is 3.27. The van der Waals surface area contributed by atoms with E-state index in [1.807, 2.05) is 6.92 Å². The fourth-order valence-corrected chi connectivity index (χ4v) is 4.25. The topological polar surface area (TPSA) is 67.5 Å². The van der Waals surface area contributed by atoms with E-state index in [4.69, 9.17) is 5.73 Å². The van der Waals surface area contributed by atoms with Crippen LogP contribution >= 0.6 is 11.8 Å². The van der Waals surface area contributed by atoms with Crippen molar-refractivity contribution in [1.82, 2.24) is 0 Å². The first-order chi connectivity index (χ1) is 11.0. The maximum absolute atomic E-state index is 14.1. The SMILES string of the molecule is CC1(c2ccc(F)c(NC(=O)C3CCCC3)c2)CCSC(N)=N1. The second-order valence-corrected chi connectivity index (χ2v) is 7.60. The molecule has 1 aromatic carbocycles. The minimum Gasteiger partial charge on any atom is -0.379 e. The number of thioether (sulfide) groups is 1. The molecule has 3 N–H and O–H groups in total. The van der Waals surface area contributed by atoms with Gasteiger partial charge < -0.3 is 11.1 Å². The first kappa shape index (κ1) is 16.3. The number of nitrogens with zero attached hydrogens (tertiary/aromatic N) is 1. The molecule has 23 heavy (non-hydrogen) atoms. The number of amidine groups is 1. The molecule has 1 fully saturated rings. The van der Waals surface area contributed by atoms with Crippen molar-refractivity contribution in [3.63, 3.8) is 0 Å². The van der Waals surface area contributed by atoms with Gasteiger partial charge in [0, 0.05) is 11.7 Å². The summed E-state index contributed by atoms with van der Waals surface area (Å²) in [6.45, 7) is 2.00. The molecule has 0 radical (unpaired) electrons. The molecule has 1 saturated carbocycles. The highest BCUT2D eigenvalue weighted by atomic mass is 32.2. The van der Waals surface area contributed by atoms with E-state index >= 15 is 0 Å². The molecular weight excluding hydrogens is 313 g/mol. The monoisotopic (exact) mass is 335 g/mol. The van der Waals surface area contributed by atoms with Gasteiger partial charge in [0.05, 0.1) is 11.2 Å². The molecule has 1 aliphatic heterocycles. The standard InChI is InChI=1S/C17H22FN3OS/c1-17(8-9-23-16(19)21-17)12-6-7-13(18)14(10-12)20-15(22)11-4-2-3-5-11/h6-7,10-11H,2-5,8-9H2,1H3,(H2,19,21)(H,20,22). The van der Waals surface area contributed by atoms with Crippen LogP contribution in [0.1, 0.15) is 44.6 Å². The Morgan fingerprint density at radius 2 is 2.17 bits per heavy atom. The Morgan fingerprint density at radius 3 is 2.87 bits per heavy atom. The predicted octanol–water partition coefficient (Wildman–Crippen LogP) is 3.62. The molecule has 0 aromatic heterocycles. The Labute approximate surface area is 140 Å². The molecule has 3 rings (SSSR count). The molecule has 0 saturated heterocycles. The Hall–Kier alpha value is -1.56. The third kappa shape index (κ3) is 3.52. The molecule has 4 nitrogen and oxygen atoms in total. The zero-order chi connectivity index (χ0) is 16.4. The highest BCUT2D eigenvalue weighted by molar-refractivity contribution is 8.13. The molecular formula is C17H22FN3OS. The van der Waals surface area contributed by atoms with E-state index in [1.54, 1.807) is 12.1 Å². The highest BCUT2D eigenvalue weighted by Crippen LogP contribution is 2.36. The number of carbonyl (C=O) groups excluding carboxylic acids is 1. The number of carbonyl (C=O) groups is 1. The van der Waals surface area contributed by atoms with Gasteiger partial charge in [-0.3, -0.25) is 9.79 Å². The van der Waals surface area contributed by atoms with Crippen LogP contribution in [0, 0.1) is 11.7 Å². The third-order valence-electron chi connectivity index (χ3n) is 4.77. The van der Waals surface area contributed by atoms with Crippen molar-refractivity contribution in [2.75, 3.05) is 11.1 Å². The Balaban J connectivity index is 1.84. The lowest BCUT2D eigenvalue weighted by molar-refractivity contribution is -0.119. The van der Waals surface area contributed by atoms with Crippen molar-refractivity contribution in [3.05, 3.63) is 29.6 Å². The number of aliphatic imine (C=N–C) groups is 1. The molecule has 6 heteroatoms. The van der Waals surface area contributed by atoms with Crippen LogP contribution in [-0.2, 0) is 10.3 Å². The van der Waals surface area contributed by atoms with Gasteiger partial charge in [-0.1, -0.05) is 30.7 Å². The van der Waals surface area contributed by atoms with E-state index < -0.39 is 11.4 Å². The zero-order valence-electron chi connectivity index (χ0n) is 13.3. The van der Waals surface area contributed by atoms with Gasteiger partial charge >= 0.3 is 0 Å². The number of nitrogens with two attached hydrogens (primary N) is 1. The summed E-state index contributed by atoms with van der Waals surface area (Å²) in [6, 6.07) is 4.83. The van der Waals surface area contributed by atoms with E-state index in [9.17, 15) is 9.18 Å². The third-order valence-corrected chi connectivity index (χ3v) is 5.56. The Bertz CT molecular complexity index is 643. The zero-order valence-corrected chi connectivity index (χ0v) is 14.1. The average Bonchev–Trinajstić information content (AvgIpc) is 3.03. The molecule has 2 aliphatic rings. The largest absolute Gasteiger partial charge is 0.379 e. The van der Waals surface area contributed by atoms with Crippen LogP contribution in [0.5, 0.6) is 0 Å². The van der Waals surface area contributed by atoms with Crippen LogP contribution in [0.25, 0.3) is 0 Å². The van der Waals surface area contributed by atoms with Crippen molar-refractivity contribution in [3.8, 4) is 0 Å². The van der Waals surface area contributed by atoms with Crippen LogP contribution in [0.2, 0.25) is 0 Å². The Morgan fingerprint density at radius 1 is 1.43 bits per heavy atom. The van der Waals surface area contributed by atoms with Crippen LogP contribution in [0.4, 0.5) is 10.1 Å². The second kappa shape index (κ2) is 6.51. The summed E-state index contributed by atoms with van der Waals surface area (Å²) in [7, 11) is 0. The summed E-state index contributed by atoms with van der Waals surface area (Å²) in [4.78, 5) is 16.8. The lowest BCUT2D eigenvalue weighted by Gasteiger charge is -2.30. The number of halogens is 1. The fraction of sp³-hybridized carbons (Fsp3) is 0.529. The predicted molar refractivity (Wildman–Crippen MR) is 93.0 cm³/mol. The minimum atomic E-state index is -0.462. The minimum absolute atomic E-state index is 0.00777. The van der Waals surface area contributed by atoms with Crippen LogP contribution in [-0.4, -0.2) is 16.8 Å². The van der Waals surface area contributed by atoms with Crippen LogP contribution in [0.3, 0.4) is 0 Å². The van der Waals surface area contributed by atoms with Gasteiger partial charge in [0.1, 0.15) is 5.82 Å². The summed E-state index contributed by atoms with van der Waals surface area (Å²) in [5.41, 5.74) is 6.51. The molecule has 1 amide bonds. The number of benzene rings is 1. The second-order valence-electron chi connectivity index (χ2n) is 6.49. The molecule has 0 bridgehead atoms. The van der Waals surface area contributed by atoms with E-state index in [1.165, 1.54) is 17.8 Å². The number of anilines is 1. The van der Waals surface area contributed by atoms with Crippen molar-refractivity contribution in [2.24, 2.45) is 16.6 Å². The number of hydrogen-bond acceptors (Lipinski definition) is 4. The molecule has 1 heterocycles. The lowest BCUT2D eigenvalue weighted by Crippen LogP contribution is -2.29. The molecule has 1 unspecified atom stereocenters. The molecule has 124 valence electrons. The van der Waals surface area contributed by atoms with Crippen LogP contribution < -0.4 is 11.1 Å². The van der Waals surface area contributed by atoms with E-state index in [0.29, 0.717) is 5.17 Å². The maximum Gasteiger partial charge on any atom is 0.227 e. The van der Waals surface area contributed by atoms with Crippen LogP contribution in [0.15, 0.2) is 23.2 Å². The smallest absolute Gasteiger partial charge is 0.227 e. The number of nitrogens with one attached hydrogen (secondary N) is 1. The summed E-state index contributed by atoms with van der Waals surface area (Å²) >= 11 is 1.53. The van der Waals surface area contributed by atoms with Gasteiger partial charge in [-0.25, -0.2) is 4.39 Å². The van der Waals surface area contributed by atoms with E-state index in [-0.39, 0.29) is 17.5 Å². The van der Waals surface area contributed by atoms with Gasteiger partial charge in [0.2, 0.25) is 5.91 Å². The van der Waals surface area contributed by atoms with Crippen molar-refractivity contribution < 1.29 is 9.18 Å². The number of amides is 1. The average molecular weight is 335 g/mol. The number of rotatable bonds is 3. The van der Waals surface area contributed by atoms with Gasteiger partial charge in [-0.15, -0.1) is 0 Å².